The summed E-state index contributed by atoms with van der Waals surface area (Å²) in [7, 11) is 0. The molecule has 5 heteroatoms. The van der Waals surface area contributed by atoms with Gasteiger partial charge in [-0.05, 0) is 34.1 Å². The molecule has 2 aromatic heterocycles. The molecule has 0 amide bonds. The summed E-state index contributed by atoms with van der Waals surface area (Å²) in [5.74, 6) is 0. The molecule has 0 fully saturated rings. The van der Waals surface area contributed by atoms with Gasteiger partial charge in [0, 0.05) is 5.56 Å². The third kappa shape index (κ3) is 1.86. The largest absolute Gasteiger partial charge is 0.159 e. The van der Waals surface area contributed by atoms with Gasteiger partial charge in [0.1, 0.15) is 4.60 Å². The normalized spacial score (nSPS) is 9.92. The minimum Gasteiger partial charge on any atom is -0.159 e. The Morgan fingerprint density at radius 3 is 2.54 bits per heavy atom. The Balaban J connectivity index is 2.42. The molecule has 13 heavy (non-hydrogen) atoms. The van der Waals surface area contributed by atoms with Gasteiger partial charge in [-0.15, -0.1) is 10.2 Å². The van der Waals surface area contributed by atoms with E-state index >= 15 is 0 Å². The molecule has 0 spiro atoms. The van der Waals surface area contributed by atoms with Crippen molar-refractivity contribution in [2.24, 2.45) is 0 Å². The van der Waals surface area contributed by atoms with Crippen molar-refractivity contribution < 1.29 is 0 Å². The smallest absolute Gasteiger partial charge is 0.128 e. The summed E-state index contributed by atoms with van der Waals surface area (Å²) in [5, 5.41) is 15.3. The van der Waals surface area contributed by atoms with Crippen LogP contribution in [0.15, 0.2) is 35.2 Å². The first-order chi connectivity index (χ1) is 6.36. The number of rotatable bonds is 1. The van der Waals surface area contributed by atoms with Crippen LogP contribution in [-0.2, 0) is 0 Å². The maximum Gasteiger partial charge on any atom is 0.128 e. The van der Waals surface area contributed by atoms with Crippen molar-refractivity contribution in [2.75, 3.05) is 0 Å². The Morgan fingerprint density at radius 2 is 1.92 bits per heavy atom. The highest BCUT2D eigenvalue weighted by Crippen LogP contribution is 2.14. The van der Waals surface area contributed by atoms with Crippen molar-refractivity contribution in [1.82, 2.24) is 20.4 Å². The first-order valence-corrected chi connectivity index (χ1v) is 4.42. The van der Waals surface area contributed by atoms with E-state index in [2.05, 4.69) is 36.3 Å². The molecule has 0 bridgehead atoms. The predicted octanol–water partition coefficient (Wildman–Crippen LogP) is 1.70. The highest BCUT2D eigenvalue weighted by molar-refractivity contribution is 9.10. The average Bonchev–Trinajstić information content (AvgIpc) is 2.20. The van der Waals surface area contributed by atoms with E-state index in [-0.39, 0.29) is 0 Å². The lowest BCUT2D eigenvalue weighted by Crippen LogP contribution is -1.88. The zero-order valence-electron chi connectivity index (χ0n) is 6.55. The Labute approximate surface area is 83.2 Å². The topological polar surface area (TPSA) is 51.6 Å². The molecule has 0 radical (unpaired) electrons. The van der Waals surface area contributed by atoms with Crippen LogP contribution in [0.25, 0.3) is 11.3 Å². The maximum atomic E-state index is 3.98. The highest BCUT2D eigenvalue weighted by Gasteiger charge is 1.98. The second kappa shape index (κ2) is 3.57. The zero-order valence-corrected chi connectivity index (χ0v) is 8.14. The van der Waals surface area contributed by atoms with E-state index in [1.807, 2.05) is 18.2 Å². The summed E-state index contributed by atoms with van der Waals surface area (Å²) >= 11 is 3.22. The van der Waals surface area contributed by atoms with E-state index in [9.17, 15) is 0 Å². The van der Waals surface area contributed by atoms with Gasteiger partial charge in [0.15, 0.2) is 0 Å². The minimum absolute atomic E-state index is 0.721. The van der Waals surface area contributed by atoms with Gasteiger partial charge in [0.25, 0.3) is 0 Å². The molecule has 0 aromatic carbocycles. The molecule has 4 nitrogen and oxygen atoms in total. The van der Waals surface area contributed by atoms with Crippen molar-refractivity contribution in [2.45, 2.75) is 0 Å². The standard InChI is InChI=1S/C8H5BrN4/c9-8-2-1-7(12-13-8)6-3-4-10-11-5-6/h1-5H. The van der Waals surface area contributed by atoms with Crippen LogP contribution in [0, 0.1) is 0 Å². The first-order valence-electron chi connectivity index (χ1n) is 3.62. The van der Waals surface area contributed by atoms with E-state index < -0.39 is 0 Å². The number of hydrogen-bond donors (Lipinski definition) is 0. The summed E-state index contributed by atoms with van der Waals surface area (Å²) in [6.07, 6.45) is 3.27. The molecule has 0 unspecified atom stereocenters. The first kappa shape index (κ1) is 8.25. The third-order valence-electron chi connectivity index (χ3n) is 1.51. The van der Waals surface area contributed by atoms with E-state index in [0.717, 1.165) is 15.9 Å². The molecular formula is C8H5BrN4. The second-order valence-corrected chi connectivity index (χ2v) is 3.18. The summed E-state index contributed by atoms with van der Waals surface area (Å²) in [4.78, 5) is 0. The van der Waals surface area contributed by atoms with Gasteiger partial charge >= 0.3 is 0 Å². The molecule has 0 atom stereocenters. The summed E-state index contributed by atoms with van der Waals surface area (Å²) in [6.45, 7) is 0. The molecule has 0 aliphatic rings. The van der Waals surface area contributed by atoms with Crippen molar-refractivity contribution >= 4 is 15.9 Å². The van der Waals surface area contributed by atoms with E-state index in [0.29, 0.717) is 0 Å². The fraction of sp³-hybridized carbons (Fsp3) is 0. The predicted molar refractivity (Wildman–Crippen MR) is 50.8 cm³/mol. The van der Waals surface area contributed by atoms with E-state index in [1.54, 1.807) is 12.4 Å². The van der Waals surface area contributed by atoms with Crippen LogP contribution < -0.4 is 0 Å². The van der Waals surface area contributed by atoms with Crippen LogP contribution in [0.1, 0.15) is 0 Å². The molecule has 64 valence electrons. The molecule has 2 aromatic rings. The molecule has 2 heterocycles. The molecule has 0 aliphatic carbocycles. The monoisotopic (exact) mass is 236 g/mol. The van der Waals surface area contributed by atoms with Crippen LogP contribution >= 0.6 is 15.9 Å². The van der Waals surface area contributed by atoms with Gasteiger partial charge in [-0.1, -0.05) is 0 Å². The number of nitrogens with zero attached hydrogens (tertiary/aromatic N) is 4. The van der Waals surface area contributed by atoms with Gasteiger partial charge in [-0.25, -0.2) is 0 Å². The highest BCUT2D eigenvalue weighted by atomic mass is 79.9. The lowest BCUT2D eigenvalue weighted by atomic mass is 10.2. The summed E-state index contributed by atoms with van der Waals surface area (Å²) in [6, 6.07) is 5.54. The zero-order chi connectivity index (χ0) is 9.10. The molecule has 0 aliphatic heterocycles. The van der Waals surface area contributed by atoms with Gasteiger partial charge in [0.05, 0.1) is 18.1 Å². The Morgan fingerprint density at radius 1 is 1.00 bits per heavy atom. The third-order valence-corrected chi connectivity index (χ3v) is 1.93. The summed E-state index contributed by atoms with van der Waals surface area (Å²) < 4.78 is 0.721. The molecule has 0 saturated heterocycles. The molecular weight excluding hydrogens is 232 g/mol. The van der Waals surface area contributed by atoms with Crippen LogP contribution in [0.3, 0.4) is 0 Å². The van der Waals surface area contributed by atoms with Gasteiger partial charge < -0.3 is 0 Å². The van der Waals surface area contributed by atoms with Gasteiger partial charge in [-0.3, -0.25) is 0 Å². The fourth-order valence-corrected chi connectivity index (χ4v) is 1.12. The molecule has 0 N–H and O–H groups in total. The quantitative estimate of drug-likeness (QED) is 0.757. The van der Waals surface area contributed by atoms with Crippen LogP contribution in [0.4, 0.5) is 0 Å². The minimum atomic E-state index is 0.721. The van der Waals surface area contributed by atoms with Crippen LogP contribution in [0.2, 0.25) is 0 Å². The lowest BCUT2D eigenvalue weighted by molar-refractivity contribution is 0.994. The molecule has 2 rings (SSSR count). The lowest BCUT2D eigenvalue weighted by Gasteiger charge is -1.96. The van der Waals surface area contributed by atoms with Crippen molar-refractivity contribution in [3.05, 3.63) is 35.2 Å². The Kier molecular flexibility index (Phi) is 2.27. The molecule has 0 saturated carbocycles. The fourth-order valence-electron chi connectivity index (χ4n) is 0.912. The van der Waals surface area contributed by atoms with E-state index in [4.69, 9.17) is 0 Å². The maximum absolute atomic E-state index is 3.98. The Bertz CT molecular complexity index is 387. The average molecular weight is 237 g/mol. The number of aromatic nitrogens is 4. The van der Waals surface area contributed by atoms with Crippen LogP contribution in [-0.4, -0.2) is 20.4 Å². The number of halogens is 1. The van der Waals surface area contributed by atoms with Crippen molar-refractivity contribution in [3.8, 4) is 11.3 Å². The number of hydrogen-bond acceptors (Lipinski definition) is 4. The van der Waals surface area contributed by atoms with Crippen molar-refractivity contribution in [3.63, 3.8) is 0 Å². The van der Waals surface area contributed by atoms with Gasteiger partial charge in [0.2, 0.25) is 0 Å². The van der Waals surface area contributed by atoms with Gasteiger partial charge in [-0.2, -0.15) is 10.2 Å². The summed E-state index contributed by atoms with van der Waals surface area (Å²) in [5.41, 5.74) is 1.70. The Hall–Kier alpha value is -1.36. The second-order valence-electron chi connectivity index (χ2n) is 2.37. The van der Waals surface area contributed by atoms with E-state index in [1.165, 1.54) is 0 Å². The SMILES string of the molecule is Brc1ccc(-c2ccnnc2)nn1. The van der Waals surface area contributed by atoms with Crippen molar-refractivity contribution in [1.29, 1.82) is 0 Å². The van der Waals surface area contributed by atoms with Crippen LogP contribution in [0.5, 0.6) is 0 Å².